The van der Waals surface area contributed by atoms with Crippen LogP contribution in [0.15, 0.2) is 71.8 Å². The van der Waals surface area contributed by atoms with Crippen LogP contribution >= 0.6 is 0 Å². The summed E-state index contributed by atoms with van der Waals surface area (Å²) in [6.45, 7) is 2.20. The van der Waals surface area contributed by atoms with Crippen LogP contribution in [-0.4, -0.2) is 18.8 Å². The van der Waals surface area contributed by atoms with Crippen LogP contribution < -0.4 is 15.8 Å². The maximum atomic E-state index is 13.0. The predicted octanol–water partition coefficient (Wildman–Crippen LogP) is 5.74. The van der Waals surface area contributed by atoms with Gasteiger partial charge in [0.2, 0.25) is 0 Å². The zero-order valence-corrected chi connectivity index (χ0v) is 15.6. The lowest BCUT2D eigenvalue weighted by Crippen LogP contribution is -2.31. The van der Waals surface area contributed by atoms with E-state index in [0.717, 1.165) is 17.0 Å². The second-order valence-electron chi connectivity index (χ2n) is 6.78. The van der Waals surface area contributed by atoms with Crippen LogP contribution in [0, 0.1) is 6.92 Å². The van der Waals surface area contributed by atoms with Crippen LogP contribution in [0.4, 0.5) is 18.9 Å². The highest BCUT2D eigenvalue weighted by Gasteiger charge is 2.34. The van der Waals surface area contributed by atoms with Crippen LogP contribution in [0.25, 0.3) is 0 Å². The normalized spacial score (nSPS) is 15.5. The molecule has 1 aliphatic carbocycles. The van der Waals surface area contributed by atoms with Crippen molar-refractivity contribution in [1.82, 2.24) is 0 Å². The first-order valence-corrected chi connectivity index (χ1v) is 9.14. The lowest BCUT2D eigenvalue weighted by molar-refractivity contribution is -0.0941. The van der Waals surface area contributed by atoms with Crippen LogP contribution in [0.3, 0.4) is 0 Å². The zero-order valence-electron chi connectivity index (χ0n) is 15.6. The molecule has 1 unspecified atom stereocenters. The second kappa shape index (κ2) is 8.52. The van der Waals surface area contributed by atoms with Gasteiger partial charge in [0, 0.05) is 17.8 Å². The smallest absolute Gasteiger partial charge is 0.412 e. The molecule has 0 bridgehead atoms. The Bertz CT molecular complexity index is 853. The summed E-state index contributed by atoms with van der Waals surface area (Å²) in [6.07, 6.45) is -0.900. The van der Waals surface area contributed by atoms with Gasteiger partial charge in [-0.05, 0) is 67.8 Å². The molecule has 6 heteroatoms. The average molecular weight is 388 g/mol. The molecule has 0 radical (unpaired) electrons. The highest BCUT2D eigenvalue weighted by atomic mass is 19.4. The van der Waals surface area contributed by atoms with Crippen molar-refractivity contribution in [3.8, 4) is 11.5 Å². The van der Waals surface area contributed by atoms with Crippen molar-refractivity contribution in [3.63, 3.8) is 0 Å². The minimum Gasteiger partial charge on any atom is -0.457 e. The third-order valence-corrected chi connectivity index (χ3v) is 4.59. The van der Waals surface area contributed by atoms with Crippen molar-refractivity contribution in [2.45, 2.75) is 32.0 Å². The molecule has 0 aliphatic heterocycles. The molecule has 0 amide bonds. The van der Waals surface area contributed by atoms with Crippen LogP contribution in [0.1, 0.15) is 18.4 Å². The fraction of sp³-hybridized carbons (Fsp3) is 0.273. The van der Waals surface area contributed by atoms with Crippen molar-refractivity contribution in [1.29, 1.82) is 0 Å². The van der Waals surface area contributed by atoms with Crippen molar-refractivity contribution in [2.75, 3.05) is 11.9 Å². The van der Waals surface area contributed by atoms with E-state index in [1.807, 2.05) is 61.5 Å². The number of anilines is 1. The van der Waals surface area contributed by atoms with Gasteiger partial charge in [-0.3, -0.25) is 0 Å². The summed E-state index contributed by atoms with van der Waals surface area (Å²) in [5.74, 6) is 1.41. The number of allylic oxidation sites excluding steroid dienone is 2. The van der Waals surface area contributed by atoms with Gasteiger partial charge in [-0.1, -0.05) is 23.8 Å². The largest absolute Gasteiger partial charge is 0.457 e. The molecule has 0 fully saturated rings. The van der Waals surface area contributed by atoms with Crippen LogP contribution in [0.5, 0.6) is 11.5 Å². The third kappa shape index (κ3) is 5.16. The SMILES string of the molecule is Cc1ccc(Oc2ccc(NC(CN)C3=CCCC(C(F)(F)F)=C3)cc2)cc1. The van der Waals surface area contributed by atoms with E-state index in [1.54, 1.807) is 0 Å². The van der Waals surface area contributed by atoms with Crippen LogP contribution in [0.2, 0.25) is 0 Å². The quantitative estimate of drug-likeness (QED) is 0.664. The number of ether oxygens (including phenoxy) is 1. The highest BCUT2D eigenvalue weighted by molar-refractivity contribution is 5.51. The molecule has 0 heterocycles. The Morgan fingerprint density at radius 1 is 1.04 bits per heavy atom. The third-order valence-electron chi connectivity index (χ3n) is 4.59. The van der Waals surface area contributed by atoms with Gasteiger partial charge in [-0.2, -0.15) is 13.2 Å². The Morgan fingerprint density at radius 2 is 1.64 bits per heavy atom. The van der Waals surface area contributed by atoms with E-state index in [1.165, 1.54) is 6.08 Å². The van der Waals surface area contributed by atoms with E-state index >= 15 is 0 Å². The Hall–Kier alpha value is -2.73. The van der Waals surface area contributed by atoms with Crippen molar-refractivity contribution in [3.05, 3.63) is 77.4 Å². The summed E-state index contributed by atoms with van der Waals surface area (Å²) < 4.78 is 44.8. The van der Waals surface area contributed by atoms with Gasteiger partial charge in [0.25, 0.3) is 0 Å². The molecule has 0 saturated carbocycles. The lowest BCUT2D eigenvalue weighted by atomic mass is 9.94. The predicted molar refractivity (Wildman–Crippen MR) is 106 cm³/mol. The molecule has 148 valence electrons. The molecule has 0 saturated heterocycles. The van der Waals surface area contributed by atoms with Crippen LogP contribution in [-0.2, 0) is 0 Å². The zero-order chi connectivity index (χ0) is 20.1. The van der Waals surface area contributed by atoms with E-state index in [2.05, 4.69) is 5.32 Å². The number of rotatable bonds is 6. The van der Waals surface area contributed by atoms with Gasteiger partial charge >= 0.3 is 6.18 Å². The molecule has 3 N–H and O–H groups in total. The Kier molecular flexibility index (Phi) is 6.09. The van der Waals surface area contributed by atoms with Gasteiger partial charge in [-0.25, -0.2) is 0 Å². The number of alkyl halides is 3. The van der Waals surface area contributed by atoms with E-state index in [0.29, 0.717) is 17.7 Å². The van der Waals surface area contributed by atoms with E-state index in [9.17, 15) is 13.2 Å². The molecule has 1 aliphatic rings. The van der Waals surface area contributed by atoms with E-state index in [4.69, 9.17) is 10.5 Å². The van der Waals surface area contributed by atoms with Gasteiger partial charge in [0.15, 0.2) is 0 Å². The number of nitrogens with one attached hydrogen (secondary N) is 1. The molecule has 28 heavy (non-hydrogen) atoms. The Labute approximate surface area is 162 Å². The summed E-state index contributed by atoms with van der Waals surface area (Å²) in [7, 11) is 0. The van der Waals surface area contributed by atoms with Gasteiger partial charge in [0.05, 0.1) is 6.04 Å². The van der Waals surface area contributed by atoms with E-state index < -0.39 is 11.7 Å². The minimum atomic E-state index is -4.30. The summed E-state index contributed by atoms with van der Waals surface area (Å²) in [5.41, 5.74) is 7.79. The highest BCUT2D eigenvalue weighted by Crippen LogP contribution is 2.34. The van der Waals surface area contributed by atoms with Crippen molar-refractivity contribution >= 4 is 5.69 Å². The number of halogens is 3. The number of hydrogen-bond acceptors (Lipinski definition) is 3. The van der Waals surface area contributed by atoms with Gasteiger partial charge in [0.1, 0.15) is 11.5 Å². The molecule has 2 aromatic rings. The first kappa shape index (κ1) is 20.0. The van der Waals surface area contributed by atoms with Crippen molar-refractivity contribution in [2.24, 2.45) is 5.73 Å². The summed E-state index contributed by atoms with van der Waals surface area (Å²) >= 11 is 0. The molecule has 3 rings (SSSR count). The Morgan fingerprint density at radius 3 is 2.21 bits per heavy atom. The maximum absolute atomic E-state index is 13.0. The average Bonchev–Trinajstić information content (AvgIpc) is 2.68. The summed E-state index contributed by atoms with van der Waals surface area (Å²) in [4.78, 5) is 0. The Balaban J connectivity index is 1.67. The maximum Gasteiger partial charge on any atom is 0.412 e. The van der Waals surface area contributed by atoms with Gasteiger partial charge < -0.3 is 15.8 Å². The lowest BCUT2D eigenvalue weighted by Gasteiger charge is -2.24. The second-order valence-corrected chi connectivity index (χ2v) is 6.78. The number of nitrogens with two attached hydrogens (primary N) is 1. The topological polar surface area (TPSA) is 47.3 Å². The summed E-state index contributed by atoms with van der Waals surface area (Å²) in [5, 5.41) is 3.21. The molecule has 0 aromatic heterocycles. The molecule has 2 aromatic carbocycles. The minimum absolute atomic E-state index is 0.00926. The monoisotopic (exact) mass is 388 g/mol. The molecule has 0 spiro atoms. The molecule has 1 atom stereocenters. The van der Waals surface area contributed by atoms with Crippen molar-refractivity contribution < 1.29 is 17.9 Å². The number of aryl methyl sites for hydroxylation is 1. The molecule has 3 nitrogen and oxygen atoms in total. The standard InChI is InChI=1S/C22H23F3N2O/c1-15-5-9-19(10-6-15)28-20-11-7-18(8-12-20)27-21(14-26)16-3-2-4-17(13-16)22(23,24)25/h3,5-13,21,27H,2,4,14,26H2,1H3. The number of benzene rings is 2. The summed E-state index contributed by atoms with van der Waals surface area (Å²) in [6, 6.07) is 14.6. The molecular formula is C22H23F3N2O. The fourth-order valence-electron chi connectivity index (χ4n) is 3.03. The first-order chi connectivity index (χ1) is 13.3. The fourth-order valence-corrected chi connectivity index (χ4v) is 3.03. The van der Waals surface area contributed by atoms with Gasteiger partial charge in [-0.15, -0.1) is 0 Å². The van der Waals surface area contributed by atoms with E-state index in [-0.39, 0.29) is 19.0 Å². The molecular weight excluding hydrogens is 365 g/mol. The first-order valence-electron chi connectivity index (χ1n) is 9.14. The number of hydrogen-bond donors (Lipinski definition) is 2.